The van der Waals surface area contributed by atoms with E-state index in [9.17, 15) is 5.11 Å². The maximum Gasteiger partial charge on any atom is 0.0843 e. The molecule has 1 aromatic heterocycles. The topological polar surface area (TPSA) is 46.4 Å². The molecule has 0 bridgehead atoms. The molecule has 4 rings (SSSR count). The van der Waals surface area contributed by atoms with Crippen molar-refractivity contribution in [2.24, 2.45) is 0 Å². The number of fused-ring (bicyclic) bond motifs is 3. The first kappa shape index (κ1) is 15.6. The summed E-state index contributed by atoms with van der Waals surface area (Å²) in [6.07, 6.45) is 2.16. The number of hydrogen-bond donors (Lipinski definition) is 2. The van der Waals surface area contributed by atoms with Crippen molar-refractivity contribution in [2.75, 3.05) is 19.7 Å². The van der Waals surface area contributed by atoms with Crippen LogP contribution < -0.4 is 5.32 Å². The number of benzene rings is 2. The van der Waals surface area contributed by atoms with E-state index in [1.165, 1.54) is 21.8 Å². The molecule has 3 aromatic rings. The van der Waals surface area contributed by atoms with E-state index in [0.717, 1.165) is 26.0 Å². The highest BCUT2D eigenvalue weighted by atomic mass is 16.5. The lowest BCUT2D eigenvalue weighted by molar-refractivity contribution is 0.101. The van der Waals surface area contributed by atoms with Gasteiger partial charge in [-0.3, -0.25) is 0 Å². The Balaban J connectivity index is 1.50. The molecule has 1 fully saturated rings. The van der Waals surface area contributed by atoms with Crippen LogP contribution in [0.5, 0.6) is 0 Å². The highest BCUT2D eigenvalue weighted by Crippen LogP contribution is 2.28. The van der Waals surface area contributed by atoms with Crippen molar-refractivity contribution < 1.29 is 9.84 Å². The molecule has 0 saturated carbocycles. The first-order valence-electron chi connectivity index (χ1n) is 8.79. The molecule has 0 aliphatic carbocycles. The summed E-state index contributed by atoms with van der Waals surface area (Å²) in [5, 5.41) is 16.3. The number of aliphatic hydroxyl groups excluding tert-OH is 1. The molecule has 0 spiro atoms. The summed E-state index contributed by atoms with van der Waals surface area (Å²) in [6, 6.07) is 16.8. The Bertz CT molecular complexity index is 767. The fraction of sp³-hybridized carbons (Fsp3) is 0.400. The third-order valence-electron chi connectivity index (χ3n) is 4.85. The largest absolute Gasteiger partial charge is 0.390 e. The second-order valence-corrected chi connectivity index (χ2v) is 6.59. The summed E-state index contributed by atoms with van der Waals surface area (Å²) in [4.78, 5) is 0. The van der Waals surface area contributed by atoms with Gasteiger partial charge in [-0.05, 0) is 25.0 Å². The molecule has 0 unspecified atom stereocenters. The number of aliphatic hydroxyl groups is 1. The standard InChI is InChI=1S/C20H24N2O2/c23-15(12-21-13-16-6-5-11-24-16)14-22-19-9-3-1-7-17(19)18-8-2-4-10-20(18)22/h1-4,7-10,15-16,21,23H,5-6,11-14H2/t15-,16-/m0/s1. The number of nitrogens with zero attached hydrogens (tertiary/aromatic N) is 1. The normalized spacial score (nSPS) is 19.3. The molecule has 2 atom stereocenters. The Kier molecular flexibility index (Phi) is 4.52. The van der Waals surface area contributed by atoms with Gasteiger partial charge in [-0.2, -0.15) is 0 Å². The van der Waals surface area contributed by atoms with Crippen LogP contribution >= 0.6 is 0 Å². The Morgan fingerprint density at radius 2 is 1.75 bits per heavy atom. The maximum absolute atomic E-state index is 10.5. The zero-order chi connectivity index (χ0) is 16.4. The van der Waals surface area contributed by atoms with Gasteiger partial charge in [0.1, 0.15) is 0 Å². The number of nitrogens with one attached hydrogen (secondary N) is 1. The van der Waals surface area contributed by atoms with Crippen LogP contribution in [0.1, 0.15) is 12.8 Å². The molecule has 0 radical (unpaired) electrons. The van der Waals surface area contributed by atoms with Crippen molar-refractivity contribution in [3.63, 3.8) is 0 Å². The molecular formula is C20H24N2O2. The molecule has 2 N–H and O–H groups in total. The van der Waals surface area contributed by atoms with Gasteiger partial charge >= 0.3 is 0 Å². The highest BCUT2D eigenvalue weighted by Gasteiger charge is 2.16. The van der Waals surface area contributed by atoms with Crippen LogP contribution in [0.4, 0.5) is 0 Å². The maximum atomic E-state index is 10.5. The first-order valence-corrected chi connectivity index (χ1v) is 8.79. The number of rotatable bonds is 6. The van der Waals surface area contributed by atoms with Gasteiger partial charge in [-0.1, -0.05) is 36.4 Å². The van der Waals surface area contributed by atoms with Crippen LogP contribution in [0, 0.1) is 0 Å². The number of hydrogen-bond acceptors (Lipinski definition) is 3. The summed E-state index contributed by atoms with van der Waals surface area (Å²) < 4.78 is 7.83. The average molecular weight is 324 g/mol. The minimum absolute atomic E-state index is 0.311. The van der Waals surface area contributed by atoms with Gasteiger partial charge in [0.05, 0.1) is 18.8 Å². The zero-order valence-corrected chi connectivity index (χ0v) is 13.8. The average Bonchev–Trinajstić information content (AvgIpc) is 3.23. The Morgan fingerprint density at radius 3 is 2.38 bits per heavy atom. The molecule has 1 aliphatic rings. The van der Waals surface area contributed by atoms with Crippen LogP contribution in [-0.2, 0) is 11.3 Å². The van der Waals surface area contributed by atoms with Crippen molar-refractivity contribution >= 4 is 21.8 Å². The van der Waals surface area contributed by atoms with Crippen molar-refractivity contribution in [3.8, 4) is 0 Å². The molecule has 2 aromatic carbocycles. The van der Waals surface area contributed by atoms with Gasteiger partial charge in [0.2, 0.25) is 0 Å². The van der Waals surface area contributed by atoms with Crippen LogP contribution in [0.3, 0.4) is 0 Å². The third-order valence-corrected chi connectivity index (χ3v) is 4.85. The van der Waals surface area contributed by atoms with Crippen molar-refractivity contribution in [1.82, 2.24) is 9.88 Å². The fourth-order valence-corrected chi connectivity index (χ4v) is 3.69. The molecule has 4 nitrogen and oxygen atoms in total. The van der Waals surface area contributed by atoms with Gasteiger partial charge in [0.15, 0.2) is 0 Å². The molecule has 2 heterocycles. The smallest absolute Gasteiger partial charge is 0.0843 e. The van der Waals surface area contributed by atoms with E-state index in [2.05, 4.69) is 58.4 Å². The zero-order valence-electron chi connectivity index (χ0n) is 13.8. The van der Waals surface area contributed by atoms with Gasteiger partial charge in [0, 0.05) is 41.5 Å². The fourth-order valence-electron chi connectivity index (χ4n) is 3.69. The van der Waals surface area contributed by atoms with E-state index in [1.807, 2.05) is 0 Å². The second kappa shape index (κ2) is 6.93. The molecular weight excluding hydrogens is 300 g/mol. The summed E-state index contributed by atoms with van der Waals surface area (Å²) in [5.41, 5.74) is 2.36. The molecule has 24 heavy (non-hydrogen) atoms. The molecule has 4 heteroatoms. The Morgan fingerprint density at radius 1 is 1.08 bits per heavy atom. The van der Waals surface area contributed by atoms with E-state index in [0.29, 0.717) is 19.2 Å². The van der Waals surface area contributed by atoms with E-state index in [1.54, 1.807) is 0 Å². The summed E-state index contributed by atoms with van der Waals surface area (Å²) in [5.74, 6) is 0. The Labute approximate surface area is 142 Å². The molecule has 0 amide bonds. The summed E-state index contributed by atoms with van der Waals surface area (Å²) in [7, 11) is 0. The molecule has 1 saturated heterocycles. The van der Waals surface area contributed by atoms with Crippen molar-refractivity contribution in [1.29, 1.82) is 0 Å². The van der Waals surface area contributed by atoms with Crippen LogP contribution in [-0.4, -0.2) is 41.6 Å². The van der Waals surface area contributed by atoms with Crippen molar-refractivity contribution in [3.05, 3.63) is 48.5 Å². The number of para-hydroxylation sites is 2. The van der Waals surface area contributed by atoms with Gasteiger partial charge in [-0.25, -0.2) is 0 Å². The van der Waals surface area contributed by atoms with E-state index in [4.69, 9.17) is 4.74 Å². The minimum Gasteiger partial charge on any atom is -0.390 e. The van der Waals surface area contributed by atoms with E-state index in [-0.39, 0.29) is 0 Å². The van der Waals surface area contributed by atoms with Crippen LogP contribution in [0.25, 0.3) is 21.8 Å². The highest BCUT2D eigenvalue weighted by molar-refractivity contribution is 6.07. The minimum atomic E-state index is -0.425. The summed E-state index contributed by atoms with van der Waals surface area (Å²) >= 11 is 0. The quantitative estimate of drug-likeness (QED) is 0.733. The van der Waals surface area contributed by atoms with Gasteiger partial charge in [-0.15, -0.1) is 0 Å². The van der Waals surface area contributed by atoms with E-state index >= 15 is 0 Å². The number of ether oxygens (including phenoxy) is 1. The van der Waals surface area contributed by atoms with Crippen LogP contribution in [0.2, 0.25) is 0 Å². The third kappa shape index (κ3) is 3.05. The van der Waals surface area contributed by atoms with Gasteiger partial charge in [0.25, 0.3) is 0 Å². The first-order chi connectivity index (χ1) is 11.8. The lowest BCUT2D eigenvalue weighted by Gasteiger charge is -2.16. The summed E-state index contributed by atoms with van der Waals surface area (Å²) in [6.45, 7) is 2.87. The lowest BCUT2D eigenvalue weighted by Crippen LogP contribution is -2.34. The van der Waals surface area contributed by atoms with Crippen LogP contribution in [0.15, 0.2) is 48.5 Å². The van der Waals surface area contributed by atoms with Crippen molar-refractivity contribution in [2.45, 2.75) is 31.6 Å². The Hall–Kier alpha value is -1.88. The predicted molar refractivity (Wildman–Crippen MR) is 97.3 cm³/mol. The SMILES string of the molecule is O[C@@H](CNC[C@@H]1CCCO1)Cn1c2ccccc2c2ccccc21. The second-order valence-electron chi connectivity index (χ2n) is 6.59. The number of aromatic nitrogens is 1. The predicted octanol–water partition coefficient (Wildman–Crippen LogP) is 2.92. The molecule has 126 valence electrons. The monoisotopic (exact) mass is 324 g/mol. The lowest BCUT2D eigenvalue weighted by atomic mass is 10.2. The van der Waals surface area contributed by atoms with E-state index < -0.39 is 6.10 Å². The molecule has 1 aliphatic heterocycles. The van der Waals surface area contributed by atoms with Gasteiger partial charge < -0.3 is 19.7 Å².